The van der Waals surface area contributed by atoms with Gasteiger partial charge in [0.1, 0.15) is 23.3 Å². The highest BCUT2D eigenvalue weighted by Gasteiger charge is 2.39. The Morgan fingerprint density at radius 1 is 1.56 bits per heavy atom. The van der Waals surface area contributed by atoms with Gasteiger partial charge in [-0.15, -0.1) is 11.3 Å². The molecule has 1 aromatic heterocycles. The Labute approximate surface area is 110 Å². The van der Waals surface area contributed by atoms with Crippen LogP contribution in [0.2, 0.25) is 0 Å². The molecule has 0 spiro atoms. The first kappa shape index (κ1) is 12.1. The molecular weight excluding hydrogens is 252 g/mol. The predicted molar refractivity (Wildman–Crippen MR) is 66.3 cm³/mol. The molecule has 2 saturated heterocycles. The van der Waals surface area contributed by atoms with Crippen molar-refractivity contribution in [3.8, 4) is 0 Å². The van der Waals surface area contributed by atoms with Gasteiger partial charge >= 0.3 is 5.97 Å². The van der Waals surface area contributed by atoms with Crippen molar-refractivity contribution in [2.45, 2.75) is 31.6 Å². The van der Waals surface area contributed by atoms with Crippen molar-refractivity contribution in [3.05, 3.63) is 16.6 Å². The zero-order chi connectivity index (χ0) is 12.5. The second kappa shape index (κ2) is 4.95. The van der Waals surface area contributed by atoms with Crippen LogP contribution in [0.3, 0.4) is 0 Å². The molecule has 0 bridgehead atoms. The number of hydrogen-bond acceptors (Lipinski definition) is 6. The number of hydrogen-bond donors (Lipinski definition) is 0. The van der Waals surface area contributed by atoms with Gasteiger partial charge in [-0.05, 0) is 6.92 Å². The van der Waals surface area contributed by atoms with E-state index in [4.69, 9.17) is 9.47 Å². The number of morpholine rings is 1. The standard InChI is InChI=1S/C12H16N2O3S/c1-8-6-9(12(15)17-8)14-3-4-16-10(7-14)11-13-2-5-18-11/h2,5,8-10H,3-4,6-7H2,1H3/t8-,9-,10+/m1/s1. The first-order valence-corrected chi connectivity index (χ1v) is 7.07. The maximum absolute atomic E-state index is 11.8. The van der Waals surface area contributed by atoms with Crippen molar-refractivity contribution in [1.29, 1.82) is 0 Å². The van der Waals surface area contributed by atoms with Crippen molar-refractivity contribution in [2.24, 2.45) is 0 Å². The zero-order valence-electron chi connectivity index (χ0n) is 10.2. The fourth-order valence-corrected chi connectivity index (χ4v) is 3.21. The Kier molecular flexibility index (Phi) is 3.32. The van der Waals surface area contributed by atoms with E-state index in [0.29, 0.717) is 6.61 Å². The van der Waals surface area contributed by atoms with Gasteiger partial charge in [-0.1, -0.05) is 0 Å². The summed E-state index contributed by atoms with van der Waals surface area (Å²) in [5, 5.41) is 2.93. The van der Waals surface area contributed by atoms with E-state index in [2.05, 4.69) is 9.88 Å². The molecule has 6 heteroatoms. The Balaban J connectivity index is 1.69. The van der Waals surface area contributed by atoms with Gasteiger partial charge in [-0.2, -0.15) is 0 Å². The Morgan fingerprint density at radius 3 is 3.11 bits per heavy atom. The Morgan fingerprint density at radius 2 is 2.44 bits per heavy atom. The summed E-state index contributed by atoms with van der Waals surface area (Å²) in [7, 11) is 0. The van der Waals surface area contributed by atoms with E-state index in [9.17, 15) is 4.79 Å². The van der Waals surface area contributed by atoms with E-state index in [1.807, 2.05) is 12.3 Å². The molecule has 98 valence electrons. The molecule has 2 fully saturated rings. The highest BCUT2D eigenvalue weighted by molar-refractivity contribution is 7.09. The molecule has 0 radical (unpaired) electrons. The minimum Gasteiger partial charge on any atom is -0.461 e. The molecule has 0 aromatic carbocycles. The zero-order valence-corrected chi connectivity index (χ0v) is 11.1. The molecule has 5 nitrogen and oxygen atoms in total. The molecular formula is C12H16N2O3S. The van der Waals surface area contributed by atoms with Crippen LogP contribution < -0.4 is 0 Å². The molecule has 18 heavy (non-hydrogen) atoms. The van der Waals surface area contributed by atoms with Crippen LogP contribution >= 0.6 is 11.3 Å². The lowest BCUT2D eigenvalue weighted by Crippen LogP contribution is -2.46. The predicted octanol–water partition coefficient (Wildman–Crippen LogP) is 1.22. The fourth-order valence-electron chi connectivity index (χ4n) is 2.53. The molecule has 3 rings (SSSR count). The van der Waals surface area contributed by atoms with Crippen molar-refractivity contribution in [1.82, 2.24) is 9.88 Å². The normalized spacial score (nSPS) is 33.6. The molecule has 3 heterocycles. The molecule has 0 aliphatic carbocycles. The summed E-state index contributed by atoms with van der Waals surface area (Å²) in [5.74, 6) is -0.0951. The largest absolute Gasteiger partial charge is 0.461 e. The summed E-state index contributed by atoms with van der Waals surface area (Å²) in [6, 6.07) is -0.105. The topological polar surface area (TPSA) is 51.7 Å². The van der Waals surface area contributed by atoms with Crippen LogP contribution in [0.25, 0.3) is 0 Å². The molecule has 2 aliphatic rings. The number of carbonyl (C=O) groups excluding carboxylic acids is 1. The lowest BCUT2D eigenvalue weighted by molar-refractivity contribution is -0.147. The number of thiazole rings is 1. The molecule has 0 saturated carbocycles. The highest BCUT2D eigenvalue weighted by Crippen LogP contribution is 2.28. The summed E-state index contributed by atoms with van der Waals surface area (Å²) in [4.78, 5) is 18.2. The van der Waals surface area contributed by atoms with Gasteiger partial charge in [-0.3, -0.25) is 9.69 Å². The molecule has 0 amide bonds. The van der Waals surface area contributed by atoms with Gasteiger partial charge in [0.05, 0.1) is 6.61 Å². The summed E-state index contributed by atoms with van der Waals surface area (Å²) in [5.41, 5.74) is 0. The van der Waals surface area contributed by atoms with E-state index in [0.717, 1.165) is 24.5 Å². The van der Waals surface area contributed by atoms with Crippen LogP contribution in [0, 0.1) is 0 Å². The second-order valence-corrected chi connectivity index (χ2v) is 5.65. The molecule has 1 aromatic rings. The van der Waals surface area contributed by atoms with E-state index < -0.39 is 0 Å². The molecule has 3 atom stereocenters. The van der Waals surface area contributed by atoms with E-state index in [1.165, 1.54) is 0 Å². The van der Waals surface area contributed by atoms with Crippen LogP contribution in [0.15, 0.2) is 11.6 Å². The van der Waals surface area contributed by atoms with Gasteiger partial charge in [-0.25, -0.2) is 4.98 Å². The van der Waals surface area contributed by atoms with E-state index in [-0.39, 0.29) is 24.2 Å². The van der Waals surface area contributed by atoms with Crippen molar-refractivity contribution < 1.29 is 14.3 Å². The number of ether oxygens (including phenoxy) is 2. The lowest BCUT2D eigenvalue weighted by atomic mass is 10.1. The Hall–Kier alpha value is -0.980. The smallest absolute Gasteiger partial charge is 0.323 e. The Bertz CT molecular complexity index is 423. The maximum Gasteiger partial charge on any atom is 0.323 e. The monoisotopic (exact) mass is 268 g/mol. The van der Waals surface area contributed by atoms with Crippen molar-refractivity contribution >= 4 is 17.3 Å². The third kappa shape index (κ3) is 2.28. The summed E-state index contributed by atoms with van der Waals surface area (Å²) in [6.45, 7) is 4.09. The van der Waals surface area contributed by atoms with Crippen molar-refractivity contribution in [2.75, 3.05) is 19.7 Å². The molecule has 0 N–H and O–H groups in total. The number of carbonyl (C=O) groups is 1. The summed E-state index contributed by atoms with van der Waals surface area (Å²) in [6.07, 6.45) is 2.59. The number of rotatable bonds is 2. The summed E-state index contributed by atoms with van der Waals surface area (Å²) < 4.78 is 10.9. The third-order valence-electron chi connectivity index (χ3n) is 3.41. The van der Waals surface area contributed by atoms with Crippen molar-refractivity contribution in [3.63, 3.8) is 0 Å². The van der Waals surface area contributed by atoms with Gasteiger partial charge < -0.3 is 9.47 Å². The minimum absolute atomic E-state index is 0.0116. The van der Waals surface area contributed by atoms with Crippen LogP contribution in [0.4, 0.5) is 0 Å². The second-order valence-electron chi connectivity index (χ2n) is 4.72. The minimum atomic E-state index is -0.105. The number of cyclic esters (lactones) is 1. The SMILES string of the molecule is C[C@@H]1C[C@@H](N2CCO[C@H](c3nccs3)C2)C(=O)O1. The fraction of sp³-hybridized carbons (Fsp3) is 0.667. The van der Waals surface area contributed by atoms with Gasteiger partial charge in [0.15, 0.2) is 0 Å². The number of nitrogens with zero attached hydrogens (tertiary/aromatic N) is 2. The molecule has 2 aliphatic heterocycles. The summed E-state index contributed by atoms with van der Waals surface area (Å²) >= 11 is 1.60. The first-order chi connectivity index (χ1) is 8.74. The van der Waals surface area contributed by atoms with Gasteiger partial charge in [0, 0.05) is 31.1 Å². The van der Waals surface area contributed by atoms with Crippen LogP contribution in [-0.2, 0) is 14.3 Å². The van der Waals surface area contributed by atoms with Crippen LogP contribution in [0.1, 0.15) is 24.5 Å². The lowest BCUT2D eigenvalue weighted by Gasteiger charge is -2.34. The average Bonchev–Trinajstić information content (AvgIpc) is 2.99. The highest BCUT2D eigenvalue weighted by atomic mass is 32.1. The molecule has 0 unspecified atom stereocenters. The number of aromatic nitrogens is 1. The quantitative estimate of drug-likeness (QED) is 0.755. The average molecular weight is 268 g/mol. The third-order valence-corrected chi connectivity index (χ3v) is 4.28. The van der Waals surface area contributed by atoms with Gasteiger partial charge in [0.25, 0.3) is 0 Å². The number of esters is 1. The van der Waals surface area contributed by atoms with E-state index in [1.54, 1.807) is 17.5 Å². The maximum atomic E-state index is 11.8. The van der Waals surface area contributed by atoms with E-state index >= 15 is 0 Å². The van der Waals surface area contributed by atoms with Crippen LogP contribution in [0.5, 0.6) is 0 Å². The van der Waals surface area contributed by atoms with Crippen LogP contribution in [-0.4, -0.2) is 47.7 Å². The van der Waals surface area contributed by atoms with Gasteiger partial charge in [0.2, 0.25) is 0 Å². The first-order valence-electron chi connectivity index (χ1n) is 6.19.